The van der Waals surface area contributed by atoms with Crippen molar-refractivity contribution >= 4 is 5.57 Å². The van der Waals surface area contributed by atoms with Crippen molar-refractivity contribution in [3.05, 3.63) is 269 Å². The summed E-state index contributed by atoms with van der Waals surface area (Å²) in [5.74, 6) is 7.44. The maximum Gasteiger partial charge on any atom is 0.0713 e. The van der Waals surface area contributed by atoms with Crippen LogP contribution < -0.4 is 5.73 Å². The number of benzene rings is 7. The van der Waals surface area contributed by atoms with Gasteiger partial charge in [0.25, 0.3) is 0 Å². The van der Waals surface area contributed by atoms with Gasteiger partial charge in [-0.1, -0.05) is 235 Å². The van der Waals surface area contributed by atoms with Gasteiger partial charge in [0, 0.05) is 0 Å². The van der Waals surface area contributed by atoms with Gasteiger partial charge in [-0.15, -0.1) is 0 Å². The molecule has 1 nitrogen and oxygen atoms in total. The first kappa shape index (κ1) is 38.9. The molecule has 0 heterocycles. The Balaban J connectivity index is 0.000000273. The molecule has 0 saturated carbocycles. The molecule has 7 aromatic rings. The maximum absolute atomic E-state index is 4.50. The van der Waals surface area contributed by atoms with Gasteiger partial charge in [0.05, 0.1) is 17.3 Å². The second-order valence-corrected chi connectivity index (χ2v) is 15.2. The van der Waals surface area contributed by atoms with E-state index in [0.717, 1.165) is 0 Å². The number of aryl methyl sites for hydroxylation is 2. The van der Waals surface area contributed by atoms with E-state index in [9.17, 15) is 0 Å². The Kier molecular flexibility index (Phi) is 11.6. The summed E-state index contributed by atoms with van der Waals surface area (Å²) in [5.41, 5.74) is 21.9. The third-order valence-electron chi connectivity index (χ3n) is 11.5. The van der Waals surface area contributed by atoms with E-state index in [-0.39, 0.29) is 11.8 Å². The van der Waals surface area contributed by atoms with E-state index in [1.165, 1.54) is 85.0 Å². The van der Waals surface area contributed by atoms with Crippen LogP contribution >= 0.6 is 0 Å². The van der Waals surface area contributed by atoms with Gasteiger partial charge in [-0.25, -0.2) is 0 Å². The standard InChI is InChI=1S/C44H32.C13H12.CH5N/c1-31-13-12-16-34(29-31)38-26-23-32-14-8-9-15-33(32)24-27-39(38)35-25-28-41-40-21-10-11-22-42(40)44(43(41)30-35,36-17-4-2-5-18-36)37-19-6-3-7-20-37;1-11-7-9-13(10-8-11)12-5-3-2-4-6-12;1-2/h2-22,24-25,27-30,32,38H,1H3;2-10H,1H3;2H2,1H3/b33-24-,39-27-;;. The highest BCUT2D eigenvalue weighted by Gasteiger charge is 2.46. The van der Waals surface area contributed by atoms with Crippen LogP contribution in [0.1, 0.15) is 50.4 Å². The second kappa shape index (κ2) is 17.7. The predicted octanol–water partition coefficient (Wildman–Crippen LogP) is 13.4. The Morgan fingerprint density at radius 1 is 0.475 bits per heavy atom. The van der Waals surface area contributed by atoms with Crippen molar-refractivity contribution in [3.8, 4) is 34.1 Å². The normalized spacial score (nSPS) is 18.1. The number of hydrogen-bond donors (Lipinski definition) is 1. The lowest BCUT2D eigenvalue weighted by Gasteiger charge is -2.34. The number of fused-ring (bicyclic) bond motifs is 4. The first-order chi connectivity index (χ1) is 29.1. The van der Waals surface area contributed by atoms with Gasteiger partial charge in [-0.2, -0.15) is 0 Å². The Hall–Kier alpha value is -6.98. The molecular weight excluding hydrogens is 711 g/mol. The number of allylic oxidation sites excluding steroid dienone is 8. The monoisotopic (exact) mass is 759 g/mol. The summed E-state index contributed by atoms with van der Waals surface area (Å²) >= 11 is 0. The van der Waals surface area contributed by atoms with Gasteiger partial charge >= 0.3 is 0 Å². The van der Waals surface area contributed by atoms with E-state index < -0.39 is 5.41 Å². The first-order valence-electron chi connectivity index (χ1n) is 20.5. The van der Waals surface area contributed by atoms with Gasteiger partial charge in [-0.05, 0) is 93.7 Å². The number of hydrogen-bond acceptors (Lipinski definition) is 1. The predicted molar refractivity (Wildman–Crippen MR) is 250 cm³/mol. The van der Waals surface area contributed by atoms with E-state index in [1.54, 1.807) is 0 Å². The largest absolute Gasteiger partial charge is 0.333 e. The average molecular weight is 760 g/mol. The van der Waals surface area contributed by atoms with Gasteiger partial charge in [0.1, 0.15) is 0 Å². The average Bonchev–Trinajstić information content (AvgIpc) is 3.59. The quantitative estimate of drug-likeness (QED) is 0.174. The van der Waals surface area contributed by atoms with Crippen molar-refractivity contribution < 1.29 is 0 Å². The zero-order chi connectivity index (χ0) is 40.6. The molecule has 7 aromatic carbocycles. The van der Waals surface area contributed by atoms with Crippen LogP contribution in [0.15, 0.2) is 224 Å². The molecule has 0 aromatic heterocycles. The fourth-order valence-electron chi connectivity index (χ4n) is 8.76. The number of nitrogens with two attached hydrogens (primary N) is 1. The first-order valence-corrected chi connectivity index (χ1v) is 20.5. The highest BCUT2D eigenvalue weighted by Crippen LogP contribution is 2.56. The van der Waals surface area contributed by atoms with E-state index in [2.05, 4.69) is 244 Å². The molecular formula is C58H49N. The minimum Gasteiger partial charge on any atom is -0.333 e. The Labute approximate surface area is 350 Å². The van der Waals surface area contributed by atoms with Crippen LogP contribution in [0.5, 0.6) is 0 Å². The molecule has 2 unspecified atom stereocenters. The molecule has 59 heavy (non-hydrogen) atoms. The third-order valence-corrected chi connectivity index (χ3v) is 11.5. The summed E-state index contributed by atoms with van der Waals surface area (Å²) < 4.78 is 0. The van der Waals surface area contributed by atoms with Crippen molar-refractivity contribution in [2.45, 2.75) is 25.2 Å². The molecule has 2 N–H and O–H groups in total. The molecule has 0 radical (unpaired) electrons. The second-order valence-electron chi connectivity index (χ2n) is 15.2. The number of rotatable bonds is 5. The van der Waals surface area contributed by atoms with Crippen LogP contribution in [0.2, 0.25) is 0 Å². The smallest absolute Gasteiger partial charge is 0.0713 e. The lowest BCUT2D eigenvalue weighted by atomic mass is 9.67. The summed E-state index contributed by atoms with van der Waals surface area (Å²) in [4.78, 5) is 0. The highest BCUT2D eigenvalue weighted by atomic mass is 14.5. The molecule has 3 aliphatic rings. The van der Waals surface area contributed by atoms with Crippen LogP contribution in [0.3, 0.4) is 0 Å². The maximum atomic E-state index is 4.50. The molecule has 0 bridgehead atoms. The molecule has 286 valence electrons. The third kappa shape index (κ3) is 7.72. The fourth-order valence-corrected chi connectivity index (χ4v) is 8.76. The van der Waals surface area contributed by atoms with Gasteiger partial charge in [0.2, 0.25) is 0 Å². The molecule has 10 rings (SSSR count). The van der Waals surface area contributed by atoms with Crippen LogP contribution in [-0.2, 0) is 5.41 Å². The summed E-state index contributed by atoms with van der Waals surface area (Å²) in [6.07, 6.45) is 13.2. The lowest BCUT2D eigenvalue weighted by Crippen LogP contribution is -2.28. The Morgan fingerprint density at radius 3 is 1.78 bits per heavy atom. The van der Waals surface area contributed by atoms with Crippen molar-refractivity contribution in [2.24, 2.45) is 11.7 Å². The Morgan fingerprint density at radius 2 is 1.08 bits per heavy atom. The van der Waals surface area contributed by atoms with E-state index in [0.29, 0.717) is 0 Å². The molecule has 0 aliphatic heterocycles. The van der Waals surface area contributed by atoms with Crippen molar-refractivity contribution in [2.75, 3.05) is 7.05 Å². The van der Waals surface area contributed by atoms with Crippen molar-refractivity contribution in [3.63, 3.8) is 0 Å². The lowest BCUT2D eigenvalue weighted by molar-refractivity contribution is 0.768. The summed E-state index contributed by atoms with van der Waals surface area (Å²) in [6, 6.07) is 66.0. The SMILES string of the molecule is CN.Cc1ccc(-c2ccccc2)cc1.Cc1cccc(C2C#CC3C=CC=C/C3=C/C=C\2c2ccc3c(c2)C(c2ccccc2)(c2ccccc2)c2ccccc2-3)c1. The summed E-state index contributed by atoms with van der Waals surface area (Å²) in [7, 11) is 1.50. The molecule has 0 amide bonds. The minimum absolute atomic E-state index is 0.0447. The summed E-state index contributed by atoms with van der Waals surface area (Å²) in [6.45, 7) is 4.27. The fraction of sp³-hybridized carbons (Fsp3) is 0.103. The molecule has 2 atom stereocenters. The van der Waals surface area contributed by atoms with Crippen LogP contribution in [0, 0.1) is 31.6 Å². The highest BCUT2D eigenvalue weighted by molar-refractivity contribution is 5.89. The molecule has 0 spiro atoms. The van der Waals surface area contributed by atoms with Crippen molar-refractivity contribution in [1.82, 2.24) is 0 Å². The van der Waals surface area contributed by atoms with Crippen LogP contribution in [0.4, 0.5) is 0 Å². The van der Waals surface area contributed by atoms with Crippen LogP contribution in [-0.4, -0.2) is 7.05 Å². The minimum atomic E-state index is -0.433. The summed E-state index contributed by atoms with van der Waals surface area (Å²) in [5, 5.41) is 0. The van der Waals surface area contributed by atoms with Gasteiger partial charge < -0.3 is 5.73 Å². The zero-order valence-electron chi connectivity index (χ0n) is 34.0. The Bertz CT molecular complexity index is 2700. The van der Waals surface area contributed by atoms with E-state index in [1.807, 2.05) is 6.07 Å². The van der Waals surface area contributed by atoms with Crippen LogP contribution in [0.25, 0.3) is 27.8 Å². The van der Waals surface area contributed by atoms with E-state index in [4.69, 9.17) is 0 Å². The topological polar surface area (TPSA) is 26.0 Å². The molecule has 1 heteroatoms. The van der Waals surface area contributed by atoms with Gasteiger partial charge in [0.15, 0.2) is 0 Å². The van der Waals surface area contributed by atoms with E-state index >= 15 is 0 Å². The van der Waals surface area contributed by atoms with Gasteiger partial charge in [-0.3, -0.25) is 0 Å². The van der Waals surface area contributed by atoms with Crippen molar-refractivity contribution in [1.29, 1.82) is 0 Å². The molecule has 3 aliphatic carbocycles. The molecule has 0 fully saturated rings. The molecule has 0 saturated heterocycles. The zero-order valence-corrected chi connectivity index (χ0v) is 34.0.